The molecule has 1 aromatic rings. The first-order chi connectivity index (χ1) is 6.18. The Morgan fingerprint density at radius 1 is 1.46 bits per heavy atom. The van der Waals surface area contributed by atoms with Crippen molar-refractivity contribution in [3.8, 4) is 0 Å². The molecule has 4 nitrogen and oxygen atoms in total. The summed E-state index contributed by atoms with van der Waals surface area (Å²) in [6.07, 6.45) is 0.805. The Balaban J connectivity index is 2.55. The summed E-state index contributed by atoms with van der Waals surface area (Å²) in [4.78, 5) is 10.1. The van der Waals surface area contributed by atoms with Gasteiger partial charge in [-0.3, -0.25) is 5.43 Å². The number of aryl methyl sites for hydroxylation is 1. The molecule has 0 amide bonds. The lowest BCUT2D eigenvalue weighted by Gasteiger charge is -1.98. The van der Waals surface area contributed by atoms with Crippen LogP contribution in [0.15, 0.2) is 29.4 Å². The highest BCUT2D eigenvalue weighted by atomic mass is 16.4. The first-order valence-electron chi connectivity index (χ1n) is 3.77. The van der Waals surface area contributed by atoms with Crippen molar-refractivity contribution in [3.63, 3.8) is 0 Å². The summed E-state index contributed by atoms with van der Waals surface area (Å²) in [7, 11) is 0. The first-order valence-corrected chi connectivity index (χ1v) is 3.77. The van der Waals surface area contributed by atoms with Crippen LogP contribution in [0.1, 0.15) is 5.56 Å². The van der Waals surface area contributed by atoms with E-state index in [0.717, 1.165) is 17.5 Å². The Morgan fingerprint density at radius 2 is 2.08 bits per heavy atom. The van der Waals surface area contributed by atoms with Crippen LogP contribution >= 0.6 is 0 Å². The van der Waals surface area contributed by atoms with Gasteiger partial charge in [0, 0.05) is 0 Å². The van der Waals surface area contributed by atoms with Crippen LogP contribution < -0.4 is 5.43 Å². The maximum absolute atomic E-state index is 10.1. The van der Waals surface area contributed by atoms with Gasteiger partial charge in [-0.15, -0.1) is 0 Å². The van der Waals surface area contributed by atoms with E-state index in [1.54, 1.807) is 0 Å². The Morgan fingerprint density at radius 3 is 2.62 bits per heavy atom. The standard InChI is InChI=1S/C9H10N2O2/c1-7-2-4-8(5-3-7)11-10-6-9(12)13/h2-6,11H,1H3,(H,12,13)/b10-6+. The largest absolute Gasteiger partial charge is 0.477 e. The van der Waals surface area contributed by atoms with Gasteiger partial charge < -0.3 is 5.11 Å². The number of rotatable bonds is 3. The molecule has 0 aromatic heterocycles. The van der Waals surface area contributed by atoms with Crippen molar-refractivity contribution in [2.45, 2.75) is 6.92 Å². The molecule has 0 aliphatic rings. The molecule has 1 aromatic carbocycles. The number of anilines is 1. The minimum Gasteiger partial charge on any atom is -0.477 e. The second-order valence-corrected chi connectivity index (χ2v) is 2.57. The quantitative estimate of drug-likeness (QED) is 0.544. The maximum atomic E-state index is 10.1. The molecule has 2 N–H and O–H groups in total. The first kappa shape index (κ1) is 9.25. The van der Waals surface area contributed by atoms with Gasteiger partial charge in [0.2, 0.25) is 0 Å². The summed E-state index contributed by atoms with van der Waals surface area (Å²) in [5, 5.41) is 11.7. The Bertz CT molecular complexity index is 317. The van der Waals surface area contributed by atoms with Gasteiger partial charge in [0.25, 0.3) is 0 Å². The number of hydrogen-bond acceptors (Lipinski definition) is 3. The van der Waals surface area contributed by atoms with Crippen LogP contribution in [-0.2, 0) is 4.79 Å². The van der Waals surface area contributed by atoms with Crippen LogP contribution in [0, 0.1) is 6.92 Å². The van der Waals surface area contributed by atoms with Crippen molar-refractivity contribution in [2.24, 2.45) is 5.10 Å². The Kier molecular flexibility index (Phi) is 3.03. The normalized spacial score (nSPS) is 10.2. The van der Waals surface area contributed by atoms with E-state index < -0.39 is 5.97 Å². The third-order valence-corrected chi connectivity index (χ3v) is 1.42. The third-order valence-electron chi connectivity index (χ3n) is 1.42. The van der Waals surface area contributed by atoms with Gasteiger partial charge in [-0.1, -0.05) is 17.7 Å². The van der Waals surface area contributed by atoms with E-state index in [4.69, 9.17) is 5.11 Å². The molecule has 0 atom stereocenters. The van der Waals surface area contributed by atoms with Crippen molar-refractivity contribution < 1.29 is 9.90 Å². The van der Waals surface area contributed by atoms with Crippen molar-refractivity contribution in [3.05, 3.63) is 29.8 Å². The molecule has 0 aliphatic heterocycles. The molecule has 68 valence electrons. The zero-order chi connectivity index (χ0) is 9.68. The number of benzene rings is 1. The highest BCUT2D eigenvalue weighted by Gasteiger charge is 1.89. The fourth-order valence-electron chi connectivity index (χ4n) is 0.790. The lowest BCUT2D eigenvalue weighted by atomic mass is 10.2. The molecule has 1 rings (SSSR count). The van der Waals surface area contributed by atoms with Crippen LogP contribution in [0.2, 0.25) is 0 Å². The summed E-state index contributed by atoms with van der Waals surface area (Å²) >= 11 is 0. The molecule has 0 fully saturated rings. The smallest absolute Gasteiger partial charge is 0.348 e. The Labute approximate surface area is 75.9 Å². The third kappa shape index (κ3) is 3.37. The fourth-order valence-corrected chi connectivity index (χ4v) is 0.790. The predicted octanol–water partition coefficient (Wildman–Crippen LogP) is 1.48. The topological polar surface area (TPSA) is 61.7 Å². The second-order valence-electron chi connectivity index (χ2n) is 2.57. The number of carboxylic acid groups (broad SMARTS) is 1. The lowest BCUT2D eigenvalue weighted by molar-refractivity contribution is -0.128. The highest BCUT2D eigenvalue weighted by Crippen LogP contribution is 2.07. The predicted molar refractivity (Wildman–Crippen MR) is 50.9 cm³/mol. The van der Waals surface area contributed by atoms with E-state index in [1.165, 1.54) is 0 Å². The molecule has 0 saturated heterocycles. The molecule has 0 radical (unpaired) electrons. The SMILES string of the molecule is Cc1ccc(N/N=C/C(=O)O)cc1. The van der Waals surface area contributed by atoms with Gasteiger partial charge in [-0.25, -0.2) is 4.79 Å². The van der Waals surface area contributed by atoms with Crippen molar-refractivity contribution >= 4 is 17.9 Å². The minimum absolute atomic E-state index is 0.767. The average Bonchev–Trinajstić information content (AvgIpc) is 2.08. The van der Waals surface area contributed by atoms with Crippen LogP contribution in [0.5, 0.6) is 0 Å². The lowest BCUT2D eigenvalue weighted by Crippen LogP contribution is -1.98. The van der Waals surface area contributed by atoms with E-state index in [2.05, 4.69) is 10.5 Å². The molecule has 0 aliphatic carbocycles. The molecule has 0 saturated carbocycles. The number of nitrogens with zero attached hydrogens (tertiary/aromatic N) is 1. The zero-order valence-electron chi connectivity index (χ0n) is 7.19. The highest BCUT2D eigenvalue weighted by molar-refractivity contribution is 6.22. The van der Waals surface area contributed by atoms with Gasteiger partial charge >= 0.3 is 5.97 Å². The van der Waals surface area contributed by atoms with Gasteiger partial charge in [-0.2, -0.15) is 5.10 Å². The van der Waals surface area contributed by atoms with E-state index in [-0.39, 0.29) is 0 Å². The van der Waals surface area contributed by atoms with E-state index in [1.807, 2.05) is 31.2 Å². The Hall–Kier alpha value is -1.84. The average molecular weight is 178 g/mol. The van der Waals surface area contributed by atoms with Gasteiger partial charge in [-0.05, 0) is 19.1 Å². The van der Waals surface area contributed by atoms with Crippen LogP contribution in [0.25, 0.3) is 0 Å². The molecule has 4 heteroatoms. The number of aliphatic carboxylic acids is 1. The molecule has 0 spiro atoms. The number of nitrogens with one attached hydrogen (secondary N) is 1. The monoisotopic (exact) mass is 178 g/mol. The van der Waals surface area contributed by atoms with Crippen LogP contribution in [-0.4, -0.2) is 17.3 Å². The molecular formula is C9H10N2O2. The molecular weight excluding hydrogens is 168 g/mol. The molecule has 0 bridgehead atoms. The van der Waals surface area contributed by atoms with E-state index in [9.17, 15) is 4.79 Å². The summed E-state index contributed by atoms with van der Waals surface area (Å²) in [5.74, 6) is -1.07. The number of hydrogen-bond donors (Lipinski definition) is 2. The van der Waals surface area contributed by atoms with Crippen LogP contribution in [0.4, 0.5) is 5.69 Å². The van der Waals surface area contributed by atoms with Crippen LogP contribution in [0.3, 0.4) is 0 Å². The van der Waals surface area contributed by atoms with Gasteiger partial charge in [0.15, 0.2) is 0 Å². The summed E-state index contributed by atoms with van der Waals surface area (Å²) in [6.45, 7) is 1.98. The van der Waals surface area contributed by atoms with Crippen molar-refractivity contribution in [1.29, 1.82) is 0 Å². The van der Waals surface area contributed by atoms with Gasteiger partial charge in [0.1, 0.15) is 6.21 Å². The van der Waals surface area contributed by atoms with Crippen molar-refractivity contribution in [2.75, 3.05) is 5.43 Å². The second kappa shape index (κ2) is 4.25. The molecule has 0 unspecified atom stereocenters. The van der Waals surface area contributed by atoms with E-state index >= 15 is 0 Å². The summed E-state index contributed by atoms with van der Waals surface area (Å²) in [5.41, 5.74) is 4.50. The van der Waals surface area contributed by atoms with Gasteiger partial charge in [0.05, 0.1) is 5.69 Å². The minimum atomic E-state index is -1.07. The maximum Gasteiger partial charge on any atom is 0.348 e. The summed E-state index contributed by atoms with van der Waals surface area (Å²) < 4.78 is 0. The zero-order valence-corrected chi connectivity index (χ0v) is 7.19. The number of carbonyl (C=O) groups is 1. The number of carboxylic acids is 1. The molecule has 13 heavy (non-hydrogen) atoms. The number of hydrazone groups is 1. The van der Waals surface area contributed by atoms with Crippen molar-refractivity contribution in [1.82, 2.24) is 0 Å². The van der Waals surface area contributed by atoms with E-state index in [0.29, 0.717) is 0 Å². The summed E-state index contributed by atoms with van der Waals surface area (Å²) in [6, 6.07) is 7.49. The fraction of sp³-hybridized carbons (Fsp3) is 0.111. The molecule has 0 heterocycles.